The van der Waals surface area contributed by atoms with Crippen LogP contribution in [0.1, 0.15) is 0 Å². The van der Waals surface area contributed by atoms with Gasteiger partial charge >= 0.3 is 0 Å². The van der Waals surface area contributed by atoms with Gasteiger partial charge in [-0.3, -0.25) is 0 Å². The van der Waals surface area contributed by atoms with Crippen molar-refractivity contribution in [3.8, 4) is 5.75 Å². The third-order valence-electron chi connectivity index (χ3n) is 3.61. The molecule has 27 heavy (non-hydrogen) atoms. The predicted molar refractivity (Wildman–Crippen MR) is 102 cm³/mol. The summed E-state index contributed by atoms with van der Waals surface area (Å²) in [6.07, 6.45) is 0. The molecule has 0 atom stereocenters. The van der Waals surface area contributed by atoms with E-state index in [-0.39, 0.29) is 11.4 Å². The van der Waals surface area contributed by atoms with Gasteiger partial charge in [0.15, 0.2) is 5.75 Å². The second-order valence-corrected chi connectivity index (χ2v) is 5.97. The minimum atomic E-state index is -0.140. The molecule has 0 unspecified atom stereocenters. The van der Waals surface area contributed by atoms with Gasteiger partial charge < -0.3 is 10.8 Å². The van der Waals surface area contributed by atoms with Gasteiger partial charge in [0.25, 0.3) is 0 Å². The Labute approximate surface area is 158 Å². The first kappa shape index (κ1) is 18.7. The van der Waals surface area contributed by atoms with Crippen LogP contribution in [0.2, 0.25) is 0 Å². The van der Waals surface area contributed by atoms with Gasteiger partial charge in [0.1, 0.15) is 11.4 Å². The summed E-state index contributed by atoms with van der Waals surface area (Å²) in [6.45, 7) is 0. The fraction of sp³-hybridized carbons (Fsp3) is 0.0588. The van der Waals surface area contributed by atoms with Crippen LogP contribution in [0, 0.1) is 0 Å². The highest BCUT2D eigenvalue weighted by Crippen LogP contribution is 2.47. The summed E-state index contributed by atoms with van der Waals surface area (Å²) >= 11 is 0.646. The molecule has 3 rings (SSSR count). The maximum atomic E-state index is 10.6. The molecule has 3 aromatic rings. The van der Waals surface area contributed by atoms with Crippen LogP contribution in [0.5, 0.6) is 5.75 Å². The van der Waals surface area contributed by atoms with Crippen molar-refractivity contribution in [1.29, 1.82) is 0 Å². The van der Waals surface area contributed by atoms with Crippen molar-refractivity contribution < 1.29 is 19.7 Å². The highest BCUT2D eigenvalue weighted by Gasteiger charge is 2.18. The SMILES string of the molecule is CN=Nc1c(SOOO)cc2c(N=Nc3ccccc3)c(N)ccc2c1O. The largest absolute Gasteiger partial charge is 0.505 e. The Morgan fingerprint density at radius 1 is 0.963 bits per heavy atom. The molecule has 0 radical (unpaired) electrons. The molecule has 0 aliphatic rings. The minimum Gasteiger partial charge on any atom is -0.505 e. The van der Waals surface area contributed by atoms with Crippen molar-refractivity contribution in [3.05, 3.63) is 48.5 Å². The Morgan fingerprint density at radius 2 is 1.74 bits per heavy atom. The van der Waals surface area contributed by atoms with Crippen LogP contribution in [0.3, 0.4) is 0 Å². The fourth-order valence-corrected chi connectivity index (χ4v) is 2.93. The zero-order valence-corrected chi connectivity index (χ0v) is 14.9. The number of fused-ring (bicyclic) bond motifs is 1. The van der Waals surface area contributed by atoms with Crippen LogP contribution in [0.15, 0.2) is 73.9 Å². The number of rotatable bonds is 6. The van der Waals surface area contributed by atoms with Crippen molar-refractivity contribution in [1.82, 2.24) is 0 Å². The number of aromatic hydroxyl groups is 1. The summed E-state index contributed by atoms with van der Waals surface area (Å²) in [5.41, 5.74) is 7.63. The average Bonchev–Trinajstić information content (AvgIpc) is 2.69. The average molecular weight is 385 g/mol. The van der Waals surface area contributed by atoms with Crippen LogP contribution in [0.25, 0.3) is 10.8 Å². The first-order valence-corrected chi connectivity index (χ1v) is 8.39. The molecule has 0 aliphatic heterocycles. The Balaban J connectivity index is 2.20. The summed E-state index contributed by atoms with van der Waals surface area (Å²) in [4.78, 5) is 0.335. The number of hydrogen-bond donors (Lipinski definition) is 3. The van der Waals surface area contributed by atoms with Crippen LogP contribution in [-0.2, 0) is 9.37 Å². The molecule has 138 valence electrons. The second kappa shape index (κ2) is 8.56. The van der Waals surface area contributed by atoms with Gasteiger partial charge in [0, 0.05) is 17.8 Å². The van der Waals surface area contributed by atoms with Gasteiger partial charge in [-0.05, 0) is 30.3 Å². The van der Waals surface area contributed by atoms with E-state index in [1.807, 2.05) is 18.2 Å². The van der Waals surface area contributed by atoms with E-state index in [4.69, 9.17) is 11.0 Å². The Hall–Kier alpha value is -3.05. The molecule has 0 bridgehead atoms. The number of azo groups is 2. The number of nitrogen functional groups attached to an aromatic ring is 1. The minimum absolute atomic E-state index is 0.140. The van der Waals surface area contributed by atoms with E-state index in [1.54, 1.807) is 30.3 Å². The van der Waals surface area contributed by atoms with E-state index < -0.39 is 0 Å². The molecule has 3 aromatic carbocycles. The molecule has 0 aromatic heterocycles. The van der Waals surface area contributed by atoms with Crippen LogP contribution in [0.4, 0.5) is 22.7 Å². The van der Waals surface area contributed by atoms with E-state index in [9.17, 15) is 5.11 Å². The molecule has 9 nitrogen and oxygen atoms in total. The van der Waals surface area contributed by atoms with E-state index >= 15 is 0 Å². The molecule has 0 saturated carbocycles. The van der Waals surface area contributed by atoms with Crippen molar-refractivity contribution >= 4 is 45.6 Å². The lowest BCUT2D eigenvalue weighted by molar-refractivity contribution is -0.432. The van der Waals surface area contributed by atoms with Crippen LogP contribution >= 0.6 is 12.0 Å². The number of nitrogens with two attached hydrogens (primary N) is 1. The maximum Gasteiger partial charge on any atom is 0.152 e. The molecule has 0 heterocycles. The fourth-order valence-electron chi connectivity index (χ4n) is 2.45. The van der Waals surface area contributed by atoms with E-state index in [1.165, 1.54) is 7.05 Å². The first-order chi connectivity index (χ1) is 13.2. The summed E-state index contributed by atoms with van der Waals surface area (Å²) in [7, 11) is 1.46. The Morgan fingerprint density at radius 3 is 2.44 bits per heavy atom. The third-order valence-corrected chi connectivity index (χ3v) is 4.23. The van der Waals surface area contributed by atoms with Crippen molar-refractivity contribution in [3.63, 3.8) is 0 Å². The highest BCUT2D eigenvalue weighted by molar-refractivity contribution is 7.94. The molecule has 0 saturated heterocycles. The monoisotopic (exact) mass is 385 g/mol. The van der Waals surface area contributed by atoms with Gasteiger partial charge in [0.05, 0.1) is 28.3 Å². The number of phenolic OH excluding ortho intramolecular Hbond substituents is 1. The van der Waals surface area contributed by atoms with Crippen molar-refractivity contribution in [2.24, 2.45) is 20.5 Å². The highest BCUT2D eigenvalue weighted by atomic mass is 32.2. The second-order valence-electron chi connectivity index (χ2n) is 5.23. The van der Waals surface area contributed by atoms with E-state index in [0.717, 1.165) is 0 Å². The summed E-state index contributed by atoms with van der Waals surface area (Å²) in [5, 5.41) is 39.7. The first-order valence-electron chi connectivity index (χ1n) is 7.65. The quantitative estimate of drug-likeness (QED) is 0.164. The summed E-state index contributed by atoms with van der Waals surface area (Å²) in [5.74, 6) is -0.140. The summed E-state index contributed by atoms with van der Waals surface area (Å²) in [6, 6.07) is 14.1. The van der Waals surface area contributed by atoms with Crippen molar-refractivity contribution in [2.45, 2.75) is 4.90 Å². The molecule has 10 heteroatoms. The van der Waals surface area contributed by atoms with Gasteiger partial charge in [-0.2, -0.15) is 15.3 Å². The Bertz CT molecular complexity index is 1010. The number of hydrogen-bond acceptors (Lipinski definition) is 10. The van der Waals surface area contributed by atoms with Gasteiger partial charge in [-0.1, -0.05) is 23.2 Å². The number of anilines is 1. The molecule has 4 N–H and O–H groups in total. The smallest absolute Gasteiger partial charge is 0.152 e. The number of nitrogens with zero attached hydrogens (tertiary/aromatic N) is 4. The van der Waals surface area contributed by atoms with E-state index in [2.05, 4.69) is 29.8 Å². The number of phenols is 1. The molecular weight excluding hydrogens is 370 g/mol. The Kier molecular flexibility index (Phi) is 5.94. The summed E-state index contributed by atoms with van der Waals surface area (Å²) < 4.78 is 4.48. The normalized spacial score (nSPS) is 11.8. The zero-order valence-electron chi connectivity index (χ0n) is 14.1. The topological polar surface area (TPSA) is 134 Å². The molecule has 0 fully saturated rings. The molecular formula is C17H15N5O4S. The standard InChI is InChI=1S/C17H15N5O4S/c1-19-21-16-14(27-26-25-24)9-12-11(17(16)23)7-8-13(18)15(12)22-20-10-5-3-2-4-6-10/h2-9,23-24H,18H2,1H3. The van der Waals surface area contributed by atoms with Crippen molar-refractivity contribution in [2.75, 3.05) is 12.8 Å². The van der Waals surface area contributed by atoms with Gasteiger partial charge in [-0.25, -0.2) is 5.26 Å². The zero-order chi connectivity index (χ0) is 19.2. The molecule has 0 aliphatic carbocycles. The lowest BCUT2D eigenvalue weighted by atomic mass is 10.1. The third kappa shape index (κ3) is 4.04. The van der Waals surface area contributed by atoms with Gasteiger partial charge in [0.2, 0.25) is 0 Å². The molecule has 0 spiro atoms. The lowest BCUT2D eigenvalue weighted by Gasteiger charge is -2.11. The molecule has 0 amide bonds. The van der Waals surface area contributed by atoms with Crippen LogP contribution in [-0.4, -0.2) is 17.4 Å². The predicted octanol–water partition coefficient (Wildman–Crippen LogP) is 5.68. The van der Waals surface area contributed by atoms with E-state index in [0.29, 0.717) is 44.8 Å². The maximum absolute atomic E-state index is 10.6. The lowest BCUT2D eigenvalue weighted by Crippen LogP contribution is -1.88. The van der Waals surface area contributed by atoms with Gasteiger partial charge in [-0.15, -0.1) is 9.45 Å². The number of benzene rings is 3. The van der Waals surface area contributed by atoms with Crippen LogP contribution < -0.4 is 5.73 Å².